The van der Waals surface area contributed by atoms with Gasteiger partial charge >= 0.3 is 0 Å². The Labute approximate surface area is 123 Å². The molecule has 1 heterocycles. The first-order valence-corrected chi connectivity index (χ1v) is 7.05. The monoisotopic (exact) mass is 270 g/mol. The van der Waals surface area contributed by atoms with Gasteiger partial charge < -0.3 is 4.42 Å². The van der Waals surface area contributed by atoms with Crippen LogP contribution in [0.15, 0.2) is 77.2 Å². The van der Waals surface area contributed by atoms with Gasteiger partial charge in [-0.15, -0.1) is 0 Å². The summed E-state index contributed by atoms with van der Waals surface area (Å²) in [4.78, 5) is 0. The number of fused-ring (bicyclic) bond motifs is 3. The molecule has 0 saturated heterocycles. The quantitative estimate of drug-likeness (QED) is 0.422. The Morgan fingerprint density at radius 2 is 1.38 bits per heavy atom. The standard InChI is InChI=1S/C20H14O/c1-2-7-15(8-3-1)13-14-16-9-6-11-18-17-10-4-5-12-19(17)21-20(16)18/h1-14H/b14-13+. The highest BCUT2D eigenvalue weighted by Gasteiger charge is 2.07. The van der Waals surface area contributed by atoms with Crippen LogP contribution in [0, 0.1) is 0 Å². The van der Waals surface area contributed by atoms with Crippen molar-refractivity contribution in [2.75, 3.05) is 0 Å². The van der Waals surface area contributed by atoms with Crippen LogP contribution in [0.1, 0.15) is 11.1 Å². The van der Waals surface area contributed by atoms with Gasteiger partial charge in [0.05, 0.1) is 0 Å². The van der Waals surface area contributed by atoms with Crippen molar-refractivity contribution in [3.05, 3.63) is 83.9 Å². The third kappa shape index (κ3) is 2.13. The van der Waals surface area contributed by atoms with E-state index in [0.29, 0.717) is 0 Å². The van der Waals surface area contributed by atoms with E-state index in [4.69, 9.17) is 4.42 Å². The average molecular weight is 270 g/mol. The molecule has 4 rings (SSSR count). The molecule has 0 saturated carbocycles. The molecule has 0 bridgehead atoms. The summed E-state index contributed by atoms with van der Waals surface area (Å²) in [5.74, 6) is 0. The average Bonchev–Trinajstić information content (AvgIpc) is 2.93. The van der Waals surface area contributed by atoms with Crippen LogP contribution in [-0.4, -0.2) is 0 Å². The molecule has 0 aliphatic rings. The fourth-order valence-electron chi connectivity index (χ4n) is 2.65. The maximum atomic E-state index is 6.02. The van der Waals surface area contributed by atoms with Crippen molar-refractivity contribution in [1.29, 1.82) is 0 Å². The fraction of sp³-hybridized carbons (Fsp3) is 0. The number of benzene rings is 3. The summed E-state index contributed by atoms with van der Waals surface area (Å²) in [6.45, 7) is 0. The van der Waals surface area contributed by atoms with Gasteiger partial charge in [0, 0.05) is 16.3 Å². The molecule has 1 nitrogen and oxygen atoms in total. The van der Waals surface area contributed by atoms with E-state index in [1.807, 2.05) is 36.4 Å². The highest BCUT2D eigenvalue weighted by atomic mass is 16.3. The topological polar surface area (TPSA) is 13.1 Å². The van der Waals surface area contributed by atoms with Gasteiger partial charge in [0.2, 0.25) is 0 Å². The van der Waals surface area contributed by atoms with Gasteiger partial charge in [-0.1, -0.05) is 78.9 Å². The fourth-order valence-corrected chi connectivity index (χ4v) is 2.65. The molecule has 100 valence electrons. The molecule has 0 unspecified atom stereocenters. The van der Waals surface area contributed by atoms with Gasteiger partial charge in [0.15, 0.2) is 0 Å². The van der Waals surface area contributed by atoms with Crippen LogP contribution in [0.4, 0.5) is 0 Å². The summed E-state index contributed by atoms with van der Waals surface area (Å²) in [5, 5.41) is 2.34. The van der Waals surface area contributed by atoms with Gasteiger partial charge in [-0.2, -0.15) is 0 Å². The second kappa shape index (κ2) is 4.95. The number of furan rings is 1. The van der Waals surface area contributed by atoms with Crippen LogP contribution in [0.5, 0.6) is 0 Å². The van der Waals surface area contributed by atoms with E-state index in [1.165, 1.54) is 16.3 Å². The number of para-hydroxylation sites is 2. The molecule has 21 heavy (non-hydrogen) atoms. The first-order chi connectivity index (χ1) is 10.4. The van der Waals surface area contributed by atoms with E-state index in [2.05, 4.69) is 48.6 Å². The smallest absolute Gasteiger partial charge is 0.142 e. The first-order valence-electron chi connectivity index (χ1n) is 7.05. The Morgan fingerprint density at radius 3 is 2.29 bits per heavy atom. The van der Waals surface area contributed by atoms with Gasteiger partial charge in [-0.05, 0) is 11.6 Å². The molecule has 0 amide bonds. The first kappa shape index (κ1) is 12.0. The summed E-state index contributed by atoms with van der Waals surface area (Å²) in [6, 6.07) is 24.7. The van der Waals surface area contributed by atoms with E-state index in [9.17, 15) is 0 Å². The zero-order valence-electron chi connectivity index (χ0n) is 11.5. The third-order valence-corrected chi connectivity index (χ3v) is 3.69. The van der Waals surface area contributed by atoms with E-state index < -0.39 is 0 Å². The second-order valence-electron chi connectivity index (χ2n) is 5.07. The lowest BCUT2D eigenvalue weighted by molar-refractivity contribution is 0.668. The van der Waals surface area contributed by atoms with E-state index in [1.54, 1.807) is 0 Å². The maximum absolute atomic E-state index is 6.02. The summed E-state index contributed by atoms with van der Waals surface area (Å²) in [7, 11) is 0. The molecule has 0 radical (unpaired) electrons. The van der Waals surface area contributed by atoms with E-state index in [-0.39, 0.29) is 0 Å². The zero-order valence-corrected chi connectivity index (χ0v) is 11.5. The van der Waals surface area contributed by atoms with Crippen molar-refractivity contribution in [3.8, 4) is 0 Å². The lowest BCUT2D eigenvalue weighted by atomic mass is 10.1. The highest BCUT2D eigenvalue weighted by molar-refractivity contribution is 6.07. The van der Waals surface area contributed by atoms with Crippen molar-refractivity contribution in [3.63, 3.8) is 0 Å². The predicted molar refractivity (Wildman–Crippen MR) is 89.1 cm³/mol. The van der Waals surface area contributed by atoms with Crippen LogP contribution < -0.4 is 0 Å². The van der Waals surface area contributed by atoms with Crippen LogP contribution >= 0.6 is 0 Å². The molecule has 0 spiro atoms. The Morgan fingerprint density at radius 1 is 0.619 bits per heavy atom. The van der Waals surface area contributed by atoms with Crippen LogP contribution in [0.2, 0.25) is 0 Å². The molecule has 0 aliphatic heterocycles. The van der Waals surface area contributed by atoms with Crippen molar-refractivity contribution in [2.45, 2.75) is 0 Å². The van der Waals surface area contributed by atoms with E-state index in [0.717, 1.165) is 16.7 Å². The Hall–Kier alpha value is -2.80. The lowest BCUT2D eigenvalue weighted by Crippen LogP contribution is -1.74. The summed E-state index contributed by atoms with van der Waals surface area (Å²) >= 11 is 0. The van der Waals surface area contributed by atoms with Gasteiger partial charge in [0.1, 0.15) is 11.2 Å². The Kier molecular flexibility index (Phi) is 2.82. The zero-order chi connectivity index (χ0) is 14.1. The molecule has 0 atom stereocenters. The summed E-state index contributed by atoms with van der Waals surface area (Å²) < 4.78 is 6.02. The molecular weight excluding hydrogens is 256 g/mol. The lowest BCUT2D eigenvalue weighted by Gasteiger charge is -1.96. The molecule has 4 aromatic rings. The minimum Gasteiger partial charge on any atom is -0.455 e. The number of hydrogen-bond acceptors (Lipinski definition) is 1. The minimum absolute atomic E-state index is 0.938. The van der Waals surface area contributed by atoms with Gasteiger partial charge in [-0.3, -0.25) is 0 Å². The second-order valence-corrected chi connectivity index (χ2v) is 5.07. The molecular formula is C20H14O. The van der Waals surface area contributed by atoms with Gasteiger partial charge in [0.25, 0.3) is 0 Å². The van der Waals surface area contributed by atoms with Crippen LogP contribution in [0.3, 0.4) is 0 Å². The largest absolute Gasteiger partial charge is 0.455 e. The van der Waals surface area contributed by atoms with Crippen LogP contribution in [0.25, 0.3) is 34.1 Å². The van der Waals surface area contributed by atoms with E-state index >= 15 is 0 Å². The normalized spacial score (nSPS) is 11.6. The van der Waals surface area contributed by atoms with Crippen molar-refractivity contribution in [2.24, 2.45) is 0 Å². The van der Waals surface area contributed by atoms with Crippen molar-refractivity contribution < 1.29 is 4.42 Å². The molecule has 3 aromatic carbocycles. The number of hydrogen-bond donors (Lipinski definition) is 0. The number of rotatable bonds is 2. The van der Waals surface area contributed by atoms with Crippen LogP contribution in [-0.2, 0) is 0 Å². The SMILES string of the molecule is C(=C\c1cccc2c1oc1ccccc12)/c1ccccc1. The van der Waals surface area contributed by atoms with Crippen molar-refractivity contribution in [1.82, 2.24) is 0 Å². The minimum atomic E-state index is 0.938. The van der Waals surface area contributed by atoms with Gasteiger partial charge in [-0.25, -0.2) is 0 Å². The third-order valence-electron chi connectivity index (χ3n) is 3.69. The maximum Gasteiger partial charge on any atom is 0.142 e. The highest BCUT2D eigenvalue weighted by Crippen LogP contribution is 2.31. The predicted octanol–water partition coefficient (Wildman–Crippen LogP) is 5.76. The molecule has 1 aromatic heterocycles. The molecule has 0 N–H and O–H groups in total. The molecule has 1 heteroatoms. The molecule has 0 aliphatic carbocycles. The summed E-state index contributed by atoms with van der Waals surface area (Å²) in [6.07, 6.45) is 4.22. The molecule has 0 fully saturated rings. The summed E-state index contributed by atoms with van der Waals surface area (Å²) in [5.41, 5.74) is 4.18. The Balaban J connectivity index is 1.87. The Bertz CT molecular complexity index is 930. The van der Waals surface area contributed by atoms with Crippen molar-refractivity contribution >= 4 is 34.1 Å².